The van der Waals surface area contributed by atoms with E-state index in [0.717, 1.165) is 25.9 Å². The first kappa shape index (κ1) is 14.1. The van der Waals surface area contributed by atoms with Crippen molar-refractivity contribution in [2.45, 2.75) is 31.8 Å². The summed E-state index contributed by atoms with van der Waals surface area (Å²) in [5.74, 6) is 0.136. The maximum Gasteiger partial charge on any atom is 0.280 e. The van der Waals surface area contributed by atoms with E-state index in [4.69, 9.17) is 0 Å². The topological polar surface area (TPSA) is 45.2 Å². The summed E-state index contributed by atoms with van der Waals surface area (Å²) in [4.78, 5) is 19.3. The quantitative estimate of drug-likeness (QED) is 0.925. The van der Waals surface area contributed by atoms with Gasteiger partial charge in [0.1, 0.15) is 5.82 Å². The molecule has 2 bridgehead atoms. The molecule has 4 heterocycles. The number of rotatable bonds is 2. The summed E-state index contributed by atoms with van der Waals surface area (Å²) >= 11 is 1.25. The van der Waals surface area contributed by atoms with Gasteiger partial charge in [0.05, 0.1) is 10.2 Å². The molecule has 3 fully saturated rings. The van der Waals surface area contributed by atoms with Gasteiger partial charge in [0.2, 0.25) is 0 Å². The molecule has 0 radical (unpaired) electrons. The predicted octanol–water partition coefficient (Wildman–Crippen LogP) is 2.65. The van der Waals surface area contributed by atoms with Gasteiger partial charge >= 0.3 is 0 Å². The van der Waals surface area contributed by atoms with Crippen LogP contribution in [0, 0.1) is 11.7 Å². The number of carbonyl (C=O) groups excluding carboxylic acids is 1. The first-order chi connectivity index (χ1) is 10.6. The van der Waals surface area contributed by atoms with Crippen LogP contribution in [-0.4, -0.2) is 41.0 Å². The lowest BCUT2D eigenvalue weighted by atomic mass is 9.79. The van der Waals surface area contributed by atoms with E-state index in [1.165, 1.54) is 23.5 Å². The van der Waals surface area contributed by atoms with Gasteiger partial charge in [-0.15, -0.1) is 11.3 Å². The zero-order valence-corrected chi connectivity index (χ0v) is 13.2. The van der Waals surface area contributed by atoms with E-state index in [-0.39, 0.29) is 17.8 Å². The van der Waals surface area contributed by atoms with Crippen LogP contribution in [0.3, 0.4) is 0 Å². The number of nitrogens with zero attached hydrogens (tertiary/aromatic N) is 2. The second kappa shape index (κ2) is 5.28. The largest absolute Gasteiger partial charge is 0.345 e. The standard InChI is InChI=1S/C16H18FN3OS/c1-9-14(10-4-6-20(9)7-5-10)19-15(21)16-18-12-3-2-11(17)8-13(12)22-16/h2-3,8-10,14H,4-7H2,1H3,(H,19,21). The molecule has 3 saturated heterocycles. The molecule has 22 heavy (non-hydrogen) atoms. The Morgan fingerprint density at radius 1 is 1.41 bits per heavy atom. The second-order valence-electron chi connectivity index (χ2n) is 6.24. The van der Waals surface area contributed by atoms with Crippen molar-refractivity contribution in [3.63, 3.8) is 0 Å². The number of nitrogens with one attached hydrogen (secondary N) is 1. The van der Waals surface area contributed by atoms with Crippen LogP contribution in [0.5, 0.6) is 0 Å². The number of thiazole rings is 1. The summed E-state index contributed by atoms with van der Waals surface area (Å²) in [6.45, 7) is 4.46. The van der Waals surface area contributed by atoms with Crippen LogP contribution < -0.4 is 5.32 Å². The third-order valence-electron chi connectivity index (χ3n) is 5.02. The van der Waals surface area contributed by atoms with Gasteiger partial charge in [-0.1, -0.05) is 0 Å². The first-order valence-corrected chi connectivity index (χ1v) is 8.54. The average molecular weight is 319 g/mol. The Labute approximate surface area is 132 Å². The van der Waals surface area contributed by atoms with E-state index < -0.39 is 0 Å². The van der Waals surface area contributed by atoms with Crippen molar-refractivity contribution in [1.82, 2.24) is 15.2 Å². The van der Waals surface area contributed by atoms with Gasteiger partial charge < -0.3 is 5.32 Å². The smallest absolute Gasteiger partial charge is 0.280 e. The normalized spacial score (nSPS) is 30.6. The Balaban J connectivity index is 1.56. The second-order valence-corrected chi connectivity index (χ2v) is 7.27. The Morgan fingerprint density at radius 2 is 2.18 bits per heavy atom. The van der Waals surface area contributed by atoms with E-state index in [0.29, 0.717) is 27.2 Å². The number of amides is 1. The van der Waals surface area contributed by atoms with Gasteiger partial charge in [-0.25, -0.2) is 9.37 Å². The number of aromatic nitrogens is 1. The summed E-state index contributed by atoms with van der Waals surface area (Å²) in [5, 5.41) is 3.59. The van der Waals surface area contributed by atoms with Crippen molar-refractivity contribution in [2.75, 3.05) is 13.1 Å². The highest BCUT2D eigenvalue weighted by Gasteiger charge is 2.40. The fourth-order valence-electron chi connectivity index (χ4n) is 3.75. The third-order valence-corrected chi connectivity index (χ3v) is 6.04. The third kappa shape index (κ3) is 2.30. The molecular formula is C16H18FN3OS. The molecule has 3 aliphatic rings. The lowest BCUT2D eigenvalue weighted by Gasteiger charge is -2.49. The van der Waals surface area contributed by atoms with Crippen LogP contribution in [0.1, 0.15) is 29.6 Å². The zero-order valence-electron chi connectivity index (χ0n) is 12.4. The number of benzene rings is 1. The molecule has 6 heteroatoms. The van der Waals surface area contributed by atoms with Gasteiger partial charge in [-0.05, 0) is 57.0 Å². The lowest BCUT2D eigenvalue weighted by molar-refractivity contribution is 0.0217. The molecule has 2 atom stereocenters. The summed E-state index contributed by atoms with van der Waals surface area (Å²) in [5.41, 5.74) is 0.679. The highest BCUT2D eigenvalue weighted by molar-refractivity contribution is 7.20. The number of fused-ring (bicyclic) bond motifs is 4. The zero-order chi connectivity index (χ0) is 15.3. The van der Waals surface area contributed by atoms with Crippen LogP contribution in [-0.2, 0) is 0 Å². The van der Waals surface area contributed by atoms with Crippen LogP contribution in [0.2, 0.25) is 0 Å². The maximum atomic E-state index is 13.2. The van der Waals surface area contributed by atoms with Crippen molar-refractivity contribution in [3.05, 3.63) is 29.0 Å². The molecule has 2 unspecified atom stereocenters. The molecule has 1 amide bonds. The van der Waals surface area contributed by atoms with E-state index >= 15 is 0 Å². The summed E-state index contributed by atoms with van der Waals surface area (Å²) in [7, 11) is 0. The average Bonchev–Trinajstić information content (AvgIpc) is 2.94. The van der Waals surface area contributed by atoms with E-state index in [9.17, 15) is 9.18 Å². The van der Waals surface area contributed by atoms with Crippen molar-refractivity contribution >= 4 is 27.5 Å². The Kier molecular flexibility index (Phi) is 3.38. The number of carbonyl (C=O) groups is 1. The number of piperidine rings is 3. The Hall–Kier alpha value is -1.53. The molecule has 3 aliphatic heterocycles. The molecule has 2 aromatic rings. The summed E-state index contributed by atoms with van der Waals surface area (Å²) < 4.78 is 14.0. The van der Waals surface area contributed by atoms with Gasteiger partial charge in [-0.3, -0.25) is 9.69 Å². The molecule has 0 aliphatic carbocycles. The minimum Gasteiger partial charge on any atom is -0.345 e. The molecule has 1 aromatic carbocycles. The highest BCUT2D eigenvalue weighted by Crippen LogP contribution is 2.32. The molecule has 116 valence electrons. The van der Waals surface area contributed by atoms with E-state index in [1.807, 2.05) is 0 Å². The fraction of sp³-hybridized carbons (Fsp3) is 0.500. The Morgan fingerprint density at radius 3 is 2.91 bits per heavy atom. The van der Waals surface area contributed by atoms with Crippen molar-refractivity contribution in [1.29, 1.82) is 0 Å². The van der Waals surface area contributed by atoms with Crippen molar-refractivity contribution < 1.29 is 9.18 Å². The number of hydrogen-bond donors (Lipinski definition) is 1. The van der Waals surface area contributed by atoms with Crippen LogP contribution in [0.25, 0.3) is 10.2 Å². The van der Waals surface area contributed by atoms with Crippen LogP contribution in [0.15, 0.2) is 18.2 Å². The number of hydrogen-bond acceptors (Lipinski definition) is 4. The molecule has 4 nitrogen and oxygen atoms in total. The minimum absolute atomic E-state index is 0.132. The van der Waals surface area contributed by atoms with Crippen molar-refractivity contribution in [2.24, 2.45) is 5.92 Å². The summed E-state index contributed by atoms with van der Waals surface area (Å²) in [6, 6.07) is 5.00. The molecule has 0 spiro atoms. The predicted molar refractivity (Wildman–Crippen MR) is 84.6 cm³/mol. The Bertz CT molecular complexity index is 721. The highest BCUT2D eigenvalue weighted by atomic mass is 32.1. The molecule has 0 saturated carbocycles. The SMILES string of the molecule is CC1C(NC(=O)c2nc3ccc(F)cc3s2)C2CCN1CC2. The van der Waals surface area contributed by atoms with Crippen LogP contribution >= 0.6 is 11.3 Å². The molecule has 5 rings (SSSR count). The van der Waals surface area contributed by atoms with E-state index in [2.05, 4.69) is 22.1 Å². The van der Waals surface area contributed by atoms with Gasteiger partial charge in [0.25, 0.3) is 5.91 Å². The van der Waals surface area contributed by atoms with Gasteiger partial charge in [0.15, 0.2) is 5.01 Å². The summed E-state index contributed by atoms with van der Waals surface area (Å²) in [6.07, 6.45) is 2.31. The lowest BCUT2D eigenvalue weighted by Crippen LogP contribution is -2.62. The number of halogens is 1. The van der Waals surface area contributed by atoms with Gasteiger partial charge in [0, 0.05) is 12.1 Å². The molecule has 1 N–H and O–H groups in total. The monoisotopic (exact) mass is 319 g/mol. The first-order valence-electron chi connectivity index (χ1n) is 7.73. The minimum atomic E-state index is -0.297. The fourth-order valence-corrected chi connectivity index (χ4v) is 4.65. The van der Waals surface area contributed by atoms with Crippen LogP contribution in [0.4, 0.5) is 4.39 Å². The van der Waals surface area contributed by atoms with E-state index in [1.54, 1.807) is 6.07 Å². The maximum absolute atomic E-state index is 13.2. The molecule has 1 aromatic heterocycles. The van der Waals surface area contributed by atoms with Crippen molar-refractivity contribution in [3.8, 4) is 0 Å². The van der Waals surface area contributed by atoms with Gasteiger partial charge in [-0.2, -0.15) is 0 Å². The molecular weight excluding hydrogens is 301 g/mol.